The Hall–Kier alpha value is -2.12. The number of carbonyl (C=O) groups excluding carboxylic acids is 2. The zero-order valence-electron chi connectivity index (χ0n) is 18.3. The zero-order chi connectivity index (χ0) is 24.7. The highest BCUT2D eigenvalue weighted by Gasteiger charge is 2.42. The summed E-state index contributed by atoms with van der Waals surface area (Å²) >= 11 is 1.84. The molecule has 0 saturated carbocycles. The van der Waals surface area contributed by atoms with Gasteiger partial charge in [0.25, 0.3) is 0 Å². The molecule has 3 rings (SSSR count). The summed E-state index contributed by atoms with van der Waals surface area (Å²) in [6.07, 6.45) is 2.95. The molecule has 2 aliphatic rings. The van der Waals surface area contributed by atoms with Crippen molar-refractivity contribution in [2.45, 2.75) is 49.6 Å². The first-order valence-corrected chi connectivity index (χ1v) is 12.1. The van der Waals surface area contributed by atoms with Gasteiger partial charge in [-0.2, -0.15) is 11.8 Å². The summed E-state index contributed by atoms with van der Waals surface area (Å²) in [5, 5.41) is 11.5. The van der Waals surface area contributed by atoms with Gasteiger partial charge in [-0.15, -0.1) is 0 Å². The molecule has 3 unspecified atom stereocenters. The van der Waals surface area contributed by atoms with Gasteiger partial charge in [-0.3, -0.25) is 4.79 Å². The quantitative estimate of drug-likeness (QED) is 0.108. The number of carbonyl (C=O) groups is 2. The van der Waals surface area contributed by atoms with Crippen LogP contribution in [0.25, 0.3) is 0 Å². The van der Waals surface area contributed by atoms with Crippen LogP contribution >= 0.6 is 11.8 Å². The van der Waals surface area contributed by atoms with Crippen molar-refractivity contribution in [3.05, 3.63) is 34.6 Å². The standard InChI is InChI=1S/C21H27F5N4O3S/c22-15-11(16(23)18(25)19(26)17(15)24)9-27-5-7-33-8-6-28-14(31)4-2-1-3-13-20-12(10-34-13)29-21(32)30-20/h12-13,20,27H,1-10H2,(H,28,31)(H2,29,30,32). The normalized spacial score (nSPS) is 21.3. The van der Waals surface area contributed by atoms with Gasteiger partial charge in [-0.1, -0.05) is 6.42 Å². The lowest BCUT2D eigenvalue weighted by atomic mass is 10.0. The number of rotatable bonds is 13. The van der Waals surface area contributed by atoms with E-state index >= 15 is 0 Å². The summed E-state index contributed by atoms with van der Waals surface area (Å²) in [5.41, 5.74) is -0.931. The molecule has 0 radical (unpaired) electrons. The van der Waals surface area contributed by atoms with Gasteiger partial charge in [-0.05, 0) is 12.8 Å². The van der Waals surface area contributed by atoms with Crippen molar-refractivity contribution in [3.63, 3.8) is 0 Å². The first kappa shape index (κ1) is 26.5. The highest BCUT2D eigenvalue weighted by Crippen LogP contribution is 2.33. The number of hydrogen-bond donors (Lipinski definition) is 4. The van der Waals surface area contributed by atoms with Crippen LogP contribution in [0, 0.1) is 29.1 Å². The van der Waals surface area contributed by atoms with Crippen molar-refractivity contribution < 1.29 is 36.3 Å². The van der Waals surface area contributed by atoms with Gasteiger partial charge < -0.3 is 26.0 Å². The van der Waals surface area contributed by atoms with Crippen molar-refractivity contribution in [2.24, 2.45) is 0 Å². The Balaban J connectivity index is 1.19. The first-order chi connectivity index (χ1) is 16.3. The molecule has 0 spiro atoms. The lowest BCUT2D eigenvalue weighted by Crippen LogP contribution is -2.36. The van der Waals surface area contributed by atoms with E-state index in [4.69, 9.17) is 4.74 Å². The van der Waals surface area contributed by atoms with Crippen LogP contribution < -0.4 is 21.3 Å². The van der Waals surface area contributed by atoms with E-state index in [0.717, 1.165) is 25.0 Å². The maximum absolute atomic E-state index is 13.6. The van der Waals surface area contributed by atoms with E-state index in [1.807, 2.05) is 11.8 Å². The Kier molecular flexibility index (Phi) is 9.77. The fraction of sp³-hybridized carbons (Fsp3) is 0.619. The number of urea groups is 1. The van der Waals surface area contributed by atoms with Gasteiger partial charge in [0.2, 0.25) is 11.7 Å². The van der Waals surface area contributed by atoms with Crippen LogP contribution in [0.2, 0.25) is 0 Å². The Morgan fingerprint density at radius 2 is 1.65 bits per heavy atom. The molecule has 3 atom stereocenters. The Morgan fingerprint density at radius 1 is 0.971 bits per heavy atom. The van der Waals surface area contributed by atoms with Gasteiger partial charge in [0.1, 0.15) is 0 Å². The minimum atomic E-state index is -2.19. The Morgan fingerprint density at radius 3 is 2.38 bits per heavy atom. The van der Waals surface area contributed by atoms with Crippen LogP contribution in [0.5, 0.6) is 0 Å². The van der Waals surface area contributed by atoms with E-state index < -0.39 is 41.2 Å². The van der Waals surface area contributed by atoms with Crippen LogP contribution in [-0.4, -0.2) is 61.3 Å². The molecular weight excluding hydrogens is 483 g/mol. The Bertz CT molecular complexity index is 865. The van der Waals surface area contributed by atoms with Crippen molar-refractivity contribution >= 4 is 23.7 Å². The smallest absolute Gasteiger partial charge is 0.315 e. The summed E-state index contributed by atoms with van der Waals surface area (Å²) < 4.78 is 71.7. The van der Waals surface area contributed by atoms with Crippen LogP contribution in [0.3, 0.4) is 0 Å². The number of thioether (sulfide) groups is 1. The largest absolute Gasteiger partial charge is 0.378 e. The lowest BCUT2D eigenvalue weighted by Gasteiger charge is -2.16. The van der Waals surface area contributed by atoms with Crippen molar-refractivity contribution in [1.82, 2.24) is 21.3 Å². The number of benzene rings is 1. The molecule has 7 nitrogen and oxygen atoms in total. The number of unbranched alkanes of at least 4 members (excludes halogenated alkanes) is 1. The number of amides is 3. The van der Waals surface area contributed by atoms with Gasteiger partial charge >= 0.3 is 6.03 Å². The monoisotopic (exact) mass is 510 g/mol. The molecule has 2 aliphatic heterocycles. The van der Waals surface area contributed by atoms with Crippen molar-refractivity contribution in [3.8, 4) is 0 Å². The number of hydrogen-bond acceptors (Lipinski definition) is 5. The van der Waals surface area contributed by atoms with Gasteiger partial charge in [0, 0.05) is 42.6 Å². The summed E-state index contributed by atoms with van der Waals surface area (Å²) in [7, 11) is 0. The van der Waals surface area contributed by atoms with Crippen LogP contribution in [0.15, 0.2) is 0 Å². The van der Waals surface area contributed by atoms with Crippen LogP contribution in [0.4, 0.5) is 26.7 Å². The third-order valence-corrected chi connectivity index (χ3v) is 7.18. The van der Waals surface area contributed by atoms with Crippen molar-refractivity contribution in [2.75, 3.05) is 32.1 Å². The van der Waals surface area contributed by atoms with E-state index in [9.17, 15) is 31.5 Å². The molecule has 190 valence electrons. The minimum Gasteiger partial charge on any atom is -0.378 e. The summed E-state index contributed by atoms with van der Waals surface area (Å²) in [5.74, 6) is -9.06. The summed E-state index contributed by atoms with van der Waals surface area (Å²) in [4.78, 5) is 23.3. The molecule has 4 N–H and O–H groups in total. The molecule has 1 aromatic carbocycles. The van der Waals surface area contributed by atoms with E-state index in [2.05, 4.69) is 21.3 Å². The van der Waals surface area contributed by atoms with Gasteiger partial charge in [-0.25, -0.2) is 26.7 Å². The third kappa shape index (κ3) is 6.72. The van der Waals surface area contributed by atoms with E-state index in [1.54, 1.807) is 0 Å². The molecule has 2 fully saturated rings. The molecule has 1 aromatic rings. The lowest BCUT2D eigenvalue weighted by molar-refractivity contribution is -0.121. The fourth-order valence-corrected chi connectivity index (χ4v) is 5.43. The third-order valence-electron chi connectivity index (χ3n) is 5.67. The average molecular weight is 511 g/mol. The maximum Gasteiger partial charge on any atom is 0.315 e. The van der Waals surface area contributed by atoms with Crippen LogP contribution in [0.1, 0.15) is 31.2 Å². The highest BCUT2D eigenvalue weighted by atomic mass is 32.2. The van der Waals surface area contributed by atoms with E-state index in [-0.39, 0.29) is 50.3 Å². The number of nitrogens with one attached hydrogen (secondary N) is 4. The van der Waals surface area contributed by atoms with Crippen LogP contribution in [-0.2, 0) is 16.1 Å². The first-order valence-electron chi connectivity index (χ1n) is 11.0. The Labute approximate surface area is 197 Å². The molecule has 0 aromatic heterocycles. The SMILES string of the molecule is O=C(CCCCC1SCC2NC(=O)NC21)NCCOCCNCc1c(F)c(F)c(F)c(F)c1F. The zero-order valence-corrected chi connectivity index (χ0v) is 19.1. The molecule has 0 aliphatic carbocycles. The summed E-state index contributed by atoms with van der Waals surface area (Å²) in [6.45, 7) is 0.193. The molecule has 34 heavy (non-hydrogen) atoms. The molecule has 2 saturated heterocycles. The topological polar surface area (TPSA) is 91.5 Å². The molecule has 13 heteroatoms. The average Bonchev–Trinajstić information content (AvgIpc) is 3.37. The summed E-state index contributed by atoms with van der Waals surface area (Å²) in [6, 6.07) is 0.241. The molecular formula is C21H27F5N4O3S. The predicted octanol–water partition coefficient (Wildman–Crippen LogP) is 2.33. The van der Waals surface area contributed by atoms with E-state index in [0.29, 0.717) is 11.7 Å². The maximum atomic E-state index is 13.6. The number of halogens is 5. The van der Waals surface area contributed by atoms with E-state index in [1.165, 1.54) is 0 Å². The number of ether oxygens (including phenoxy) is 1. The second-order valence-electron chi connectivity index (χ2n) is 8.06. The van der Waals surface area contributed by atoms with Gasteiger partial charge in [0.15, 0.2) is 23.3 Å². The second kappa shape index (κ2) is 12.5. The molecule has 3 amide bonds. The minimum absolute atomic E-state index is 0.0965. The predicted molar refractivity (Wildman–Crippen MR) is 116 cm³/mol. The molecule has 2 heterocycles. The highest BCUT2D eigenvalue weighted by molar-refractivity contribution is 8.00. The molecule has 0 bridgehead atoms. The fourth-order valence-electron chi connectivity index (χ4n) is 3.89. The van der Waals surface area contributed by atoms with Gasteiger partial charge in [0.05, 0.1) is 25.3 Å². The second-order valence-corrected chi connectivity index (χ2v) is 9.33. The number of fused-ring (bicyclic) bond motifs is 1. The van der Waals surface area contributed by atoms with Crippen molar-refractivity contribution in [1.29, 1.82) is 0 Å².